The van der Waals surface area contributed by atoms with Crippen molar-refractivity contribution in [2.24, 2.45) is 0 Å². The van der Waals surface area contributed by atoms with E-state index in [4.69, 9.17) is 4.74 Å². The summed E-state index contributed by atoms with van der Waals surface area (Å²) in [6.45, 7) is 0.759. The molecule has 1 rings (SSSR count). The van der Waals surface area contributed by atoms with Crippen LogP contribution in [-0.4, -0.2) is 22.8 Å². The Morgan fingerprint density at radius 2 is 2.56 bits per heavy atom. The van der Waals surface area contributed by atoms with Crippen LogP contribution < -0.4 is 0 Å². The van der Waals surface area contributed by atoms with E-state index in [2.05, 4.69) is 0 Å². The molecule has 1 unspecified atom stereocenters. The van der Waals surface area contributed by atoms with Gasteiger partial charge in [0.25, 0.3) is 5.88 Å². The first-order valence-electron chi connectivity index (χ1n) is 2.64. The van der Waals surface area contributed by atoms with Gasteiger partial charge in [-0.3, -0.25) is 10.1 Å². The Kier molecular flexibility index (Phi) is 2.29. The number of hydrogen-bond acceptors (Lipinski definition) is 4. The molecule has 0 N–H and O–H groups in total. The van der Waals surface area contributed by atoms with E-state index in [0.717, 1.165) is 13.0 Å². The normalized spacial score (nSPS) is 25.1. The molecule has 0 radical (unpaired) electrons. The fourth-order valence-corrected chi connectivity index (χ4v) is 1.23. The molecule has 0 aliphatic carbocycles. The highest BCUT2D eigenvalue weighted by Crippen LogP contribution is 2.23. The number of hydrogen-bond donors (Lipinski definition) is 0. The highest BCUT2D eigenvalue weighted by Gasteiger charge is 2.20. The van der Waals surface area contributed by atoms with Crippen LogP contribution in [0.25, 0.3) is 0 Å². The van der Waals surface area contributed by atoms with Crippen LogP contribution in [0.5, 0.6) is 0 Å². The SMILES string of the molecule is O=[N+]([O-])CSC1CCO1. The number of rotatable bonds is 3. The summed E-state index contributed by atoms with van der Waals surface area (Å²) in [7, 11) is 0. The van der Waals surface area contributed by atoms with Crippen LogP contribution in [0.3, 0.4) is 0 Å². The van der Waals surface area contributed by atoms with Crippen LogP contribution in [-0.2, 0) is 4.74 Å². The van der Waals surface area contributed by atoms with Crippen LogP contribution in [0.1, 0.15) is 6.42 Å². The van der Waals surface area contributed by atoms with Crippen LogP contribution >= 0.6 is 11.8 Å². The third-order valence-electron chi connectivity index (χ3n) is 1.02. The summed E-state index contributed by atoms with van der Waals surface area (Å²) in [5.41, 5.74) is 0.0930. The summed E-state index contributed by atoms with van der Waals surface area (Å²) in [5, 5.41) is 9.77. The van der Waals surface area contributed by atoms with Gasteiger partial charge in [0.15, 0.2) is 0 Å². The smallest absolute Gasteiger partial charge is 0.251 e. The van der Waals surface area contributed by atoms with Crippen molar-refractivity contribution in [1.29, 1.82) is 0 Å². The average molecular weight is 149 g/mol. The van der Waals surface area contributed by atoms with Gasteiger partial charge in [0.05, 0.1) is 6.61 Å². The Morgan fingerprint density at radius 1 is 1.89 bits per heavy atom. The summed E-state index contributed by atoms with van der Waals surface area (Å²) >= 11 is 1.25. The van der Waals surface area contributed by atoms with Crippen molar-refractivity contribution < 1.29 is 9.66 Å². The number of thioether (sulfide) groups is 1. The van der Waals surface area contributed by atoms with Gasteiger partial charge in [-0.25, -0.2) is 0 Å². The largest absolute Gasteiger partial charge is 0.367 e. The van der Waals surface area contributed by atoms with Gasteiger partial charge in [-0.15, -0.1) is 0 Å². The Bertz CT molecular complexity index is 114. The molecule has 0 bridgehead atoms. The standard InChI is InChI=1S/C4H7NO3S/c6-5(7)3-9-4-1-2-8-4/h4H,1-3H2. The Hall–Kier alpha value is -0.290. The summed E-state index contributed by atoms with van der Waals surface area (Å²) in [6.07, 6.45) is 0.957. The predicted octanol–water partition coefficient (Wildman–Crippen LogP) is 0.700. The lowest BCUT2D eigenvalue weighted by atomic mass is 10.4. The summed E-state index contributed by atoms with van der Waals surface area (Å²) in [6, 6.07) is 0. The summed E-state index contributed by atoms with van der Waals surface area (Å²) in [4.78, 5) is 9.43. The molecule has 0 aromatic carbocycles. The summed E-state index contributed by atoms with van der Waals surface area (Å²) < 4.78 is 4.94. The molecule has 0 aromatic rings. The molecule has 0 spiro atoms. The van der Waals surface area contributed by atoms with E-state index in [1.165, 1.54) is 11.8 Å². The highest BCUT2D eigenvalue weighted by molar-refractivity contribution is 7.99. The molecule has 1 aliphatic rings. The maximum absolute atomic E-state index is 9.77. The molecule has 1 atom stereocenters. The molecule has 1 aliphatic heterocycles. The van der Waals surface area contributed by atoms with Crippen LogP contribution in [0.15, 0.2) is 0 Å². The zero-order valence-electron chi connectivity index (χ0n) is 4.78. The molecule has 1 saturated heterocycles. The van der Waals surface area contributed by atoms with Gasteiger partial charge >= 0.3 is 0 Å². The number of nitro groups is 1. The second-order valence-electron chi connectivity index (χ2n) is 1.72. The Morgan fingerprint density at radius 3 is 2.89 bits per heavy atom. The minimum absolute atomic E-state index is 0.0370. The van der Waals surface area contributed by atoms with E-state index >= 15 is 0 Å². The van der Waals surface area contributed by atoms with E-state index in [-0.39, 0.29) is 16.2 Å². The molecule has 0 saturated carbocycles. The van der Waals surface area contributed by atoms with Crippen LogP contribution in [0.4, 0.5) is 0 Å². The number of nitrogens with zero attached hydrogens (tertiary/aromatic N) is 1. The molecule has 5 heteroatoms. The molecule has 0 amide bonds. The minimum Gasteiger partial charge on any atom is -0.367 e. The Balaban J connectivity index is 1.97. The maximum Gasteiger partial charge on any atom is 0.251 e. The topological polar surface area (TPSA) is 52.4 Å². The van der Waals surface area contributed by atoms with Gasteiger partial charge in [-0.2, -0.15) is 0 Å². The average Bonchev–Trinajstić information content (AvgIpc) is 1.60. The monoisotopic (exact) mass is 149 g/mol. The van der Waals surface area contributed by atoms with E-state index in [0.29, 0.717) is 0 Å². The van der Waals surface area contributed by atoms with Gasteiger partial charge in [-0.1, -0.05) is 11.8 Å². The first-order valence-corrected chi connectivity index (χ1v) is 3.69. The van der Waals surface area contributed by atoms with Crippen molar-refractivity contribution in [1.82, 2.24) is 0 Å². The lowest BCUT2D eigenvalue weighted by Crippen LogP contribution is -2.24. The first kappa shape index (κ1) is 6.82. The van der Waals surface area contributed by atoms with Crippen molar-refractivity contribution in [3.8, 4) is 0 Å². The van der Waals surface area contributed by atoms with Crippen LogP contribution in [0, 0.1) is 10.1 Å². The maximum atomic E-state index is 9.77. The number of ether oxygens (including phenoxy) is 1. The van der Waals surface area contributed by atoms with Gasteiger partial charge in [0.2, 0.25) is 0 Å². The van der Waals surface area contributed by atoms with E-state index in [1.807, 2.05) is 0 Å². The Labute approximate surface area is 56.7 Å². The molecular formula is C4H7NO3S. The second-order valence-corrected chi connectivity index (χ2v) is 2.83. The van der Waals surface area contributed by atoms with Crippen LogP contribution in [0.2, 0.25) is 0 Å². The van der Waals surface area contributed by atoms with Crippen molar-refractivity contribution in [3.63, 3.8) is 0 Å². The van der Waals surface area contributed by atoms with E-state index in [1.54, 1.807) is 0 Å². The second kappa shape index (κ2) is 3.03. The van der Waals surface area contributed by atoms with Crippen molar-refractivity contribution in [3.05, 3.63) is 10.1 Å². The lowest BCUT2D eigenvalue weighted by Gasteiger charge is -2.23. The molecular weight excluding hydrogens is 142 g/mol. The molecule has 52 valence electrons. The lowest BCUT2D eigenvalue weighted by molar-refractivity contribution is -0.457. The summed E-state index contributed by atoms with van der Waals surface area (Å²) in [5.74, 6) is -0.0370. The fraction of sp³-hybridized carbons (Fsp3) is 1.00. The zero-order chi connectivity index (χ0) is 6.69. The zero-order valence-corrected chi connectivity index (χ0v) is 5.60. The van der Waals surface area contributed by atoms with Crippen molar-refractivity contribution in [2.45, 2.75) is 11.9 Å². The first-order chi connectivity index (χ1) is 4.29. The molecule has 0 aromatic heterocycles. The van der Waals surface area contributed by atoms with Gasteiger partial charge in [0, 0.05) is 11.3 Å². The van der Waals surface area contributed by atoms with Crippen molar-refractivity contribution >= 4 is 11.8 Å². The van der Waals surface area contributed by atoms with Gasteiger partial charge in [0.1, 0.15) is 5.44 Å². The fourth-order valence-electron chi connectivity index (χ4n) is 0.490. The highest BCUT2D eigenvalue weighted by atomic mass is 32.2. The van der Waals surface area contributed by atoms with Crippen molar-refractivity contribution in [2.75, 3.05) is 12.5 Å². The van der Waals surface area contributed by atoms with Gasteiger partial charge < -0.3 is 4.74 Å². The molecule has 1 heterocycles. The molecule has 9 heavy (non-hydrogen) atoms. The third kappa shape index (κ3) is 2.19. The minimum atomic E-state index is -0.341. The molecule has 1 fully saturated rings. The third-order valence-corrected chi connectivity index (χ3v) is 2.13. The predicted molar refractivity (Wildman–Crippen MR) is 33.8 cm³/mol. The van der Waals surface area contributed by atoms with E-state index in [9.17, 15) is 10.1 Å². The molecule has 4 nitrogen and oxygen atoms in total. The van der Waals surface area contributed by atoms with E-state index < -0.39 is 0 Å². The quantitative estimate of drug-likeness (QED) is 0.336. The van der Waals surface area contributed by atoms with Gasteiger partial charge in [-0.05, 0) is 0 Å².